The normalized spacial score (nSPS) is 13.6. The van der Waals surface area contributed by atoms with E-state index >= 15 is 0 Å². The molecule has 1 aromatic carbocycles. The molecule has 0 radical (unpaired) electrons. The molecule has 3 heteroatoms. The molecule has 1 atom stereocenters. The van der Waals surface area contributed by atoms with E-state index in [-0.39, 0.29) is 5.41 Å². The fourth-order valence-electron chi connectivity index (χ4n) is 1.34. The highest BCUT2D eigenvalue weighted by Crippen LogP contribution is 2.24. The van der Waals surface area contributed by atoms with Gasteiger partial charge in [-0.25, -0.2) is 0 Å². The summed E-state index contributed by atoms with van der Waals surface area (Å²) in [5, 5.41) is 8.80. The quantitative estimate of drug-likeness (QED) is 0.780. The molecule has 0 heterocycles. The Kier molecular flexibility index (Phi) is 3.15. The minimum Gasteiger partial charge on any atom is -0.480 e. The molecule has 0 aliphatic carbocycles. The zero-order valence-corrected chi connectivity index (χ0v) is 9.32. The second kappa shape index (κ2) is 4.03. The summed E-state index contributed by atoms with van der Waals surface area (Å²) < 4.78 is 0. The highest BCUT2D eigenvalue weighted by Gasteiger charge is 2.18. The monoisotopic (exact) mass is 207 g/mol. The molecular weight excluding hydrogens is 190 g/mol. The van der Waals surface area contributed by atoms with Gasteiger partial charge in [-0.1, -0.05) is 45.0 Å². The van der Waals surface area contributed by atoms with E-state index in [9.17, 15) is 4.79 Å². The van der Waals surface area contributed by atoms with Crippen molar-refractivity contribution in [2.24, 2.45) is 5.73 Å². The minimum atomic E-state index is -0.999. The van der Waals surface area contributed by atoms with Crippen LogP contribution in [0.25, 0.3) is 0 Å². The largest absolute Gasteiger partial charge is 0.480 e. The van der Waals surface area contributed by atoms with E-state index in [1.54, 1.807) is 6.07 Å². The van der Waals surface area contributed by atoms with Crippen LogP contribution in [0.2, 0.25) is 0 Å². The highest BCUT2D eigenvalue weighted by atomic mass is 16.4. The Bertz CT molecular complexity index is 366. The lowest BCUT2D eigenvalue weighted by Crippen LogP contribution is -2.21. The molecular formula is C12H17NO2. The van der Waals surface area contributed by atoms with Gasteiger partial charge in [-0.05, 0) is 16.5 Å². The molecule has 0 fully saturated rings. The molecule has 0 saturated heterocycles. The van der Waals surface area contributed by atoms with Crippen molar-refractivity contribution in [1.82, 2.24) is 0 Å². The molecule has 0 amide bonds. The lowest BCUT2D eigenvalue weighted by Gasteiger charge is -2.20. The van der Waals surface area contributed by atoms with Gasteiger partial charge in [0, 0.05) is 0 Å². The number of hydrogen-bond acceptors (Lipinski definition) is 2. The number of nitrogens with two attached hydrogens (primary N) is 1. The molecule has 0 aromatic heterocycles. The first-order valence-corrected chi connectivity index (χ1v) is 4.91. The molecule has 3 N–H and O–H groups in total. The molecule has 0 spiro atoms. The van der Waals surface area contributed by atoms with E-state index in [0.29, 0.717) is 5.56 Å². The second-order valence-corrected chi connectivity index (χ2v) is 4.69. The predicted molar refractivity (Wildman–Crippen MR) is 59.7 cm³/mol. The van der Waals surface area contributed by atoms with Gasteiger partial charge < -0.3 is 10.8 Å². The summed E-state index contributed by atoms with van der Waals surface area (Å²) in [6.07, 6.45) is 0. The first kappa shape index (κ1) is 11.7. The maximum absolute atomic E-state index is 10.7. The third-order valence-corrected chi connectivity index (χ3v) is 2.38. The van der Waals surface area contributed by atoms with E-state index in [4.69, 9.17) is 10.8 Å². The Balaban J connectivity index is 3.08. The van der Waals surface area contributed by atoms with E-state index in [0.717, 1.165) is 5.56 Å². The van der Waals surface area contributed by atoms with Gasteiger partial charge in [-0.3, -0.25) is 4.79 Å². The second-order valence-electron chi connectivity index (χ2n) is 4.69. The van der Waals surface area contributed by atoms with Crippen molar-refractivity contribution in [3.63, 3.8) is 0 Å². The number of carboxylic acids is 1. The fraction of sp³-hybridized carbons (Fsp3) is 0.417. The van der Waals surface area contributed by atoms with Crippen molar-refractivity contribution < 1.29 is 9.90 Å². The Morgan fingerprint density at radius 3 is 2.47 bits per heavy atom. The van der Waals surface area contributed by atoms with Crippen LogP contribution >= 0.6 is 0 Å². The van der Waals surface area contributed by atoms with Crippen LogP contribution in [-0.4, -0.2) is 11.1 Å². The molecule has 82 valence electrons. The molecule has 0 aliphatic heterocycles. The van der Waals surface area contributed by atoms with E-state index in [1.807, 2.05) is 18.2 Å². The topological polar surface area (TPSA) is 63.3 Å². The van der Waals surface area contributed by atoms with Crippen molar-refractivity contribution in [2.75, 3.05) is 0 Å². The van der Waals surface area contributed by atoms with Crippen molar-refractivity contribution in [1.29, 1.82) is 0 Å². The van der Waals surface area contributed by atoms with Crippen molar-refractivity contribution in [2.45, 2.75) is 32.2 Å². The smallest absolute Gasteiger partial charge is 0.325 e. The highest BCUT2D eigenvalue weighted by molar-refractivity contribution is 5.75. The summed E-state index contributed by atoms with van der Waals surface area (Å²) in [5.41, 5.74) is 7.30. The molecule has 0 aliphatic rings. The van der Waals surface area contributed by atoms with Crippen LogP contribution < -0.4 is 5.73 Å². The van der Waals surface area contributed by atoms with Crippen molar-refractivity contribution in [3.8, 4) is 0 Å². The lowest BCUT2D eigenvalue weighted by molar-refractivity contribution is -0.138. The Morgan fingerprint density at radius 1 is 1.40 bits per heavy atom. The third-order valence-electron chi connectivity index (χ3n) is 2.38. The molecule has 1 rings (SSSR count). The molecule has 0 saturated carbocycles. The van der Waals surface area contributed by atoms with Gasteiger partial charge in [0.2, 0.25) is 0 Å². The lowest BCUT2D eigenvalue weighted by atomic mass is 9.85. The summed E-state index contributed by atoms with van der Waals surface area (Å²) >= 11 is 0. The zero-order valence-electron chi connectivity index (χ0n) is 9.32. The van der Waals surface area contributed by atoms with Crippen molar-refractivity contribution >= 4 is 5.97 Å². The maximum atomic E-state index is 10.7. The standard InChI is InChI=1S/C12H17NO2/c1-12(2,3)9-6-4-5-8(7-9)10(13)11(14)15/h4-7,10H,13H2,1-3H3,(H,14,15). The van der Waals surface area contributed by atoms with E-state index in [1.165, 1.54) is 0 Å². The van der Waals surface area contributed by atoms with Crippen LogP contribution in [0.15, 0.2) is 24.3 Å². The van der Waals surface area contributed by atoms with E-state index in [2.05, 4.69) is 20.8 Å². The molecule has 3 nitrogen and oxygen atoms in total. The number of hydrogen-bond donors (Lipinski definition) is 2. The zero-order chi connectivity index (χ0) is 11.6. The summed E-state index contributed by atoms with van der Waals surface area (Å²) in [4.78, 5) is 10.7. The third kappa shape index (κ3) is 2.80. The predicted octanol–water partition coefficient (Wildman–Crippen LogP) is 2.07. The summed E-state index contributed by atoms with van der Waals surface area (Å²) in [6.45, 7) is 6.25. The Morgan fingerprint density at radius 2 is 2.00 bits per heavy atom. The van der Waals surface area contributed by atoms with Crippen LogP contribution in [0, 0.1) is 0 Å². The Labute approximate surface area is 89.9 Å². The van der Waals surface area contributed by atoms with Gasteiger partial charge in [-0.15, -0.1) is 0 Å². The number of benzene rings is 1. The summed E-state index contributed by atoms with van der Waals surface area (Å²) in [5.74, 6) is -0.999. The van der Waals surface area contributed by atoms with E-state index < -0.39 is 12.0 Å². The maximum Gasteiger partial charge on any atom is 0.325 e. The number of rotatable bonds is 2. The van der Waals surface area contributed by atoms with Gasteiger partial charge in [0.05, 0.1) is 0 Å². The van der Waals surface area contributed by atoms with Crippen molar-refractivity contribution in [3.05, 3.63) is 35.4 Å². The fourth-order valence-corrected chi connectivity index (χ4v) is 1.34. The van der Waals surface area contributed by atoms with Crippen LogP contribution in [0.5, 0.6) is 0 Å². The van der Waals surface area contributed by atoms with Gasteiger partial charge in [0.15, 0.2) is 0 Å². The SMILES string of the molecule is CC(C)(C)c1cccc(C(N)C(=O)O)c1. The van der Waals surface area contributed by atoms with Gasteiger partial charge in [-0.2, -0.15) is 0 Å². The number of carboxylic acid groups (broad SMARTS) is 1. The molecule has 0 bridgehead atoms. The summed E-state index contributed by atoms with van der Waals surface area (Å²) in [6, 6.07) is 6.50. The van der Waals surface area contributed by atoms with Crippen LogP contribution in [-0.2, 0) is 10.2 Å². The van der Waals surface area contributed by atoms with Gasteiger partial charge in [0.25, 0.3) is 0 Å². The average Bonchev–Trinajstić information content (AvgIpc) is 2.15. The van der Waals surface area contributed by atoms with Crippen LogP contribution in [0.3, 0.4) is 0 Å². The van der Waals surface area contributed by atoms with Gasteiger partial charge in [0.1, 0.15) is 6.04 Å². The van der Waals surface area contributed by atoms with Crippen LogP contribution in [0.1, 0.15) is 37.9 Å². The average molecular weight is 207 g/mol. The number of aliphatic carboxylic acids is 1. The van der Waals surface area contributed by atoms with Crippen LogP contribution in [0.4, 0.5) is 0 Å². The molecule has 15 heavy (non-hydrogen) atoms. The first-order chi connectivity index (χ1) is 6.82. The summed E-state index contributed by atoms with van der Waals surface area (Å²) in [7, 11) is 0. The molecule has 1 unspecified atom stereocenters. The molecule has 1 aromatic rings. The first-order valence-electron chi connectivity index (χ1n) is 4.91. The number of carbonyl (C=O) groups is 1. The minimum absolute atomic E-state index is 0.00817. The Hall–Kier alpha value is -1.35. The van der Waals surface area contributed by atoms with Gasteiger partial charge >= 0.3 is 5.97 Å².